The zero-order chi connectivity index (χ0) is 19.4. The number of rotatable bonds is 7. The monoisotopic (exact) mass is 388 g/mol. The number of nitrogens with zero attached hydrogens (tertiary/aromatic N) is 4. The highest BCUT2D eigenvalue weighted by Crippen LogP contribution is 2.23. The number of amides is 3. The van der Waals surface area contributed by atoms with Gasteiger partial charge in [-0.1, -0.05) is 37.1 Å². The molecule has 0 saturated carbocycles. The van der Waals surface area contributed by atoms with Crippen LogP contribution in [0, 0.1) is 6.92 Å². The first-order valence-electron chi connectivity index (χ1n) is 8.82. The molecule has 142 valence electrons. The molecule has 0 spiro atoms. The maximum atomic E-state index is 12.4. The van der Waals surface area contributed by atoms with Gasteiger partial charge in [-0.15, -0.1) is 0 Å². The van der Waals surface area contributed by atoms with E-state index < -0.39 is 0 Å². The van der Waals surface area contributed by atoms with E-state index >= 15 is 0 Å². The molecule has 0 radical (unpaired) electrons. The first-order chi connectivity index (χ1) is 13.0. The molecule has 2 heterocycles. The first kappa shape index (κ1) is 19.1. The van der Waals surface area contributed by atoms with Gasteiger partial charge in [-0.25, -0.2) is 14.8 Å². The van der Waals surface area contributed by atoms with Gasteiger partial charge in [0.25, 0.3) is 5.91 Å². The van der Waals surface area contributed by atoms with Gasteiger partial charge in [-0.05, 0) is 25.0 Å². The summed E-state index contributed by atoms with van der Waals surface area (Å²) < 4.78 is 5.69. The van der Waals surface area contributed by atoms with Gasteiger partial charge in [-0.3, -0.25) is 4.79 Å². The van der Waals surface area contributed by atoms with E-state index in [1.807, 2.05) is 32.0 Å². The highest BCUT2D eigenvalue weighted by atomic mass is 35.5. The minimum Gasteiger partial charge on any atom is -0.486 e. The predicted molar refractivity (Wildman–Crippen MR) is 102 cm³/mol. The van der Waals surface area contributed by atoms with Crippen LogP contribution >= 0.6 is 11.6 Å². The fraction of sp³-hybridized carbons (Fsp3) is 0.368. The van der Waals surface area contributed by atoms with Crippen molar-refractivity contribution in [2.75, 3.05) is 18.0 Å². The molecular weight excluding hydrogens is 368 g/mol. The lowest BCUT2D eigenvalue weighted by atomic mass is 10.1. The van der Waals surface area contributed by atoms with Gasteiger partial charge in [0.15, 0.2) is 5.75 Å². The summed E-state index contributed by atoms with van der Waals surface area (Å²) in [6, 6.07) is 5.27. The van der Waals surface area contributed by atoms with Crippen LogP contribution in [-0.2, 0) is 11.4 Å². The summed E-state index contributed by atoms with van der Waals surface area (Å²) in [5.41, 5.74) is 1.92. The molecular formula is C19H21ClN4O3. The lowest BCUT2D eigenvalue weighted by Gasteiger charge is -2.15. The van der Waals surface area contributed by atoms with Gasteiger partial charge >= 0.3 is 6.03 Å². The molecule has 1 aromatic carbocycles. The van der Waals surface area contributed by atoms with E-state index in [-0.39, 0.29) is 31.0 Å². The van der Waals surface area contributed by atoms with Crippen LogP contribution in [0.4, 0.5) is 10.7 Å². The van der Waals surface area contributed by atoms with Crippen molar-refractivity contribution in [3.63, 3.8) is 0 Å². The summed E-state index contributed by atoms with van der Waals surface area (Å²) in [5.74, 6) is 0.168. The van der Waals surface area contributed by atoms with Crippen molar-refractivity contribution in [3.05, 3.63) is 46.7 Å². The average Bonchev–Trinajstić information content (AvgIpc) is 2.93. The van der Waals surface area contributed by atoms with E-state index in [4.69, 9.17) is 16.3 Å². The molecule has 1 fully saturated rings. The largest absolute Gasteiger partial charge is 0.486 e. The lowest BCUT2D eigenvalue weighted by molar-refractivity contribution is -0.116. The van der Waals surface area contributed by atoms with E-state index in [0.717, 1.165) is 28.9 Å². The Bertz CT molecular complexity index is 821. The van der Waals surface area contributed by atoms with Crippen LogP contribution in [0.15, 0.2) is 30.6 Å². The number of halogens is 1. The highest BCUT2D eigenvalue weighted by molar-refractivity contribution is 6.31. The summed E-state index contributed by atoms with van der Waals surface area (Å²) in [5, 5.41) is 0.632. The first-order valence-corrected chi connectivity index (χ1v) is 9.19. The molecule has 0 unspecified atom stereocenters. The smallest absolute Gasteiger partial charge is 0.334 e. The van der Waals surface area contributed by atoms with Crippen LogP contribution < -0.4 is 9.64 Å². The number of ether oxygens (including phenoxy) is 1. The highest BCUT2D eigenvalue weighted by Gasteiger charge is 2.38. The van der Waals surface area contributed by atoms with Crippen molar-refractivity contribution in [1.29, 1.82) is 0 Å². The number of aryl methyl sites for hydroxylation is 1. The Morgan fingerprint density at radius 1 is 1.22 bits per heavy atom. The summed E-state index contributed by atoms with van der Waals surface area (Å²) in [7, 11) is 0. The van der Waals surface area contributed by atoms with Crippen LogP contribution in [0.5, 0.6) is 5.75 Å². The minimum absolute atomic E-state index is 0.0604. The van der Waals surface area contributed by atoms with Gasteiger partial charge in [0.05, 0.1) is 12.4 Å². The number of urea groups is 1. The molecule has 0 aliphatic carbocycles. The Kier molecular flexibility index (Phi) is 5.91. The molecule has 0 N–H and O–H groups in total. The Balaban J connectivity index is 1.67. The van der Waals surface area contributed by atoms with Crippen molar-refractivity contribution in [2.24, 2.45) is 0 Å². The number of carbonyl (C=O) groups is 2. The van der Waals surface area contributed by atoms with Crippen molar-refractivity contribution in [3.8, 4) is 5.75 Å². The summed E-state index contributed by atoms with van der Waals surface area (Å²) in [4.78, 5) is 35.3. The number of carbonyl (C=O) groups excluding carboxylic acids is 2. The number of anilines is 1. The zero-order valence-corrected chi connectivity index (χ0v) is 16.1. The predicted octanol–water partition coefficient (Wildman–Crippen LogP) is 3.59. The minimum atomic E-state index is -0.381. The second kappa shape index (κ2) is 8.35. The van der Waals surface area contributed by atoms with E-state index in [0.29, 0.717) is 17.3 Å². The third-order valence-electron chi connectivity index (χ3n) is 4.37. The van der Waals surface area contributed by atoms with E-state index in [1.54, 1.807) is 0 Å². The Morgan fingerprint density at radius 2 is 1.96 bits per heavy atom. The van der Waals surface area contributed by atoms with Crippen LogP contribution in [-0.4, -0.2) is 39.9 Å². The molecule has 2 aromatic rings. The molecule has 1 saturated heterocycles. The van der Waals surface area contributed by atoms with Crippen molar-refractivity contribution in [2.45, 2.75) is 33.3 Å². The second-order valence-electron chi connectivity index (χ2n) is 6.33. The maximum Gasteiger partial charge on any atom is 0.334 e. The lowest BCUT2D eigenvalue weighted by Crippen LogP contribution is -2.34. The Morgan fingerprint density at radius 3 is 2.63 bits per heavy atom. The molecule has 27 heavy (non-hydrogen) atoms. The quantitative estimate of drug-likeness (QED) is 0.677. The number of imide groups is 1. The Labute approximate surface area is 162 Å². The van der Waals surface area contributed by atoms with Crippen molar-refractivity contribution >= 4 is 29.5 Å². The van der Waals surface area contributed by atoms with Gasteiger partial charge in [0, 0.05) is 17.1 Å². The Hall–Kier alpha value is -2.67. The third-order valence-corrected chi connectivity index (χ3v) is 4.72. The van der Waals surface area contributed by atoms with Crippen LogP contribution in [0.2, 0.25) is 5.02 Å². The van der Waals surface area contributed by atoms with E-state index in [9.17, 15) is 9.59 Å². The molecule has 0 atom stereocenters. The molecule has 1 aliphatic rings. The number of aromatic nitrogens is 2. The van der Waals surface area contributed by atoms with Gasteiger partial charge in [0.2, 0.25) is 5.95 Å². The SMILES string of the molecule is CCCCN1CC(=O)N(c2ncc(OCc3c(C)cccc3Cl)cn2)C1=O. The van der Waals surface area contributed by atoms with Gasteiger partial charge in [-0.2, -0.15) is 4.90 Å². The van der Waals surface area contributed by atoms with Crippen LogP contribution in [0.1, 0.15) is 30.9 Å². The normalized spacial score (nSPS) is 14.2. The summed E-state index contributed by atoms with van der Waals surface area (Å²) in [6.07, 6.45) is 4.70. The van der Waals surface area contributed by atoms with Crippen molar-refractivity contribution < 1.29 is 14.3 Å². The molecule has 8 heteroatoms. The number of unbranched alkanes of at least 4 members (excludes halogenated alkanes) is 1. The fourth-order valence-electron chi connectivity index (χ4n) is 2.77. The second-order valence-corrected chi connectivity index (χ2v) is 6.74. The molecule has 1 aliphatic heterocycles. The topological polar surface area (TPSA) is 75.6 Å². The molecule has 7 nitrogen and oxygen atoms in total. The molecule has 1 aromatic heterocycles. The maximum absolute atomic E-state index is 12.4. The number of hydrogen-bond acceptors (Lipinski definition) is 5. The average molecular weight is 389 g/mol. The van der Waals surface area contributed by atoms with E-state index in [2.05, 4.69) is 9.97 Å². The fourth-order valence-corrected chi connectivity index (χ4v) is 3.05. The number of benzene rings is 1. The van der Waals surface area contributed by atoms with Gasteiger partial charge < -0.3 is 9.64 Å². The van der Waals surface area contributed by atoms with Gasteiger partial charge in [0.1, 0.15) is 13.2 Å². The number of hydrogen-bond donors (Lipinski definition) is 0. The molecule has 0 bridgehead atoms. The zero-order valence-electron chi connectivity index (χ0n) is 15.3. The molecule has 3 rings (SSSR count). The third kappa shape index (κ3) is 4.19. The summed E-state index contributed by atoms with van der Waals surface area (Å²) >= 11 is 6.19. The van der Waals surface area contributed by atoms with Crippen LogP contribution in [0.3, 0.4) is 0 Å². The standard InChI is InChI=1S/C19H21ClN4O3/c1-3-4-8-23-11-17(25)24(19(23)26)18-21-9-14(10-22-18)27-12-15-13(2)6-5-7-16(15)20/h5-7,9-10H,3-4,8,11-12H2,1-2H3. The summed E-state index contributed by atoms with van der Waals surface area (Å²) in [6.45, 7) is 4.88. The van der Waals surface area contributed by atoms with Crippen molar-refractivity contribution in [1.82, 2.24) is 14.9 Å². The van der Waals surface area contributed by atoms with E-state index in [1.165, 1.54) is 17.3 Å². The van der Waals surface area contributed by atoms with Crippen LogP contribution in [0.25, 0.3) is 0 Å². The molecule has 3 amide bonds.